The van der Waals surface area contributed by atoms with Crippen LogP contribution in [0, 0.1) is 17.7 Å². The first kappa shape index (κ1) is 13.5. The fourth-order valence-electron chi connectivity index (χ4n) is 1.87. The smallest absolute Gasteiger partial charge is 0.253 e. The molecule has 1 aliphatic heterocycles. The lowest BCUT2D eigenvalue weighted by Crippen LogP contribution is -2.27. The Morgan fingerprint density at radius 3 is 3.11 bits per heavy atom. The number of hydrogen-bond acceptors (Lipinski definition) is 3. The molecule has 1 saturated heterocycles. The van der Waals surface area contributed by atoms with E-state index in [0.717, 1.165) is 6.42 Å². The second-order valence-corrected chi connectivity index (χ2v) is 4.19. The van der Waals surface area contributed by atoms with Crippen molar-refractivity contribution in [1.29, 1.82) is 0 Å². The van der Waals surface area contributed by atoms with E-state index in [1.807, 2.05) is 0 Å². The lowest BCUT2D eigenvalue weighted by molar-refractivity contribution is -0.124. The van der Waals surface area contributed by atoms with Crippen LogP contribution in [0.4, 0.5) is 10.1 Å². The first-order valence-electron chi connectivity index (χ1n) is 6.11. The van der Waals surface area contributed by atoms with E-state index in [1.54, 1.807) is 0 Å². The number of benzene rings is 1. The maximum Gasteiger partial charge on any atom is 0.253 e. The maximum atomic E-state index is 13.2. The van der Waals surface area contributed by atoms with E-state index in [9.17, 15) is 9.18 Å². The normalized spacial score (nSPS) is 17.7. The van der Waals surface area contributed by atoms with Crippen LogP contribution in [0.15, 0.2) is 18.2 Å². The van der Waals surface area contributed by atoms with Gasteiger partial charge in [0.15, 0.2) is 0 Å². The molecule has 1 amide bonds. The first-order chi connectivity index (χ1) is 9.20. The van der Waals surface area contributed by atoms with Crippen molar-refractivity contribution in [2.45, 2.75) is 18.9 Å². The van der Waals surface area contributed by atoms with Crippen molar-refractivity contribution in [2.75, 3.05) is 18.5 Å². The Kier molecular flexibility index (Phi) is 4.50. The van der Waals surface area contributed by atoms with Crippen LogP contribution in [-0.4, -0.2) is 25.2 Å². The van der Waals surface area contributed by atoms with Crippen molar-refractivity contribution >= 4 is 11.6 Å². The highest BCUT2D eigenvalue weighted by Gasteiger charge is 2.24. The van der Waals surface area contributed by atoms with Gasteiger partial charge in [0.2, 0.25) is 0 Å². The van der Waals surface area contributed by atoms with Crippen LogP contribution in [-0.2, 0) is 9.53 Å². The minimum absolute atomic E-state index is 0.176. The predicted molar refractivity (Wildman–Crippen MR) is 69.9 cm³/mol. The molecule has 4 nitrogen and oxygen atoms in total. The summed E-state index contributed by atoms with van der Waals surface area (Å²) in [6, 6.07) is 4.04. The summed E-state index contributed by atoms with van der Waals surface area (Å²) >= 11 is 0. The lowest BCUT2D eigenvalue weighted by Gasteiger charge is -2.11. The summed E-state index contributed by atoms with van der Waals surface area (Å²) in [5.74, 6) is 4.75. The SMILES string of the molecule is NCC#Cc1cc(F)ccc1NC(=O)C1CCCO1. The third-order valence-electron chi connectivity index (χ3n) is 2.79. The highest BCUT2D eigenvalue weighted by Crippen LogP contribution is 2.19. The van der Waals surface area contributed by atoms with Crippen molar-refractivity contribution in [1.82, 2.24) is 0 Å². The zero-order chi connectivity index (χ0) is 13.7. The van der Waals surface area contributed by atoms with Crippen LogP contribution in [0.2, 0.25) is 0 Å². The average molecular weight is 262 g/mol. The third kappa shape index (κ3) is 3.53. The summed E-state index contributed by atoms with van der Waals surface area (Å²) in [7, 11) is 0. The summed E-state index contributed by atoms with van der Waals surface area (Å²) in [6.07, 6.45) is 1.15. The monoisotopic (exact) mass is 262 g/mol. The second kappa shape index (κ2) is 6.32. The third-order valence-corrected chi connectivity index (χ3v) is 2.79. The summed E-state index contributed by atoms with van der Waals surface area (Å²) in [5, 5.41) is 2.71. The number of ether oxygens (including phenoxy) is 1. The van der Waals surface area contributed by atoms with E-state index < -0.39 is 11.9 Å². The topological polar surface area (TPSA) is 64.3 Å². The fraction of sp³-hybridized carbons (Fsp3) is 0.357. The molecule has 100 valence electrons. The van der Waals surface area contributed by atoms with Gasteiger partial charge in [0.25, 0.3) is 5.91 Å². The second-order valence-electron chi connectivity index (χ2n) is 4.19. The van der Waals surface area contributed by atoms with Gasteiger partial charge in [0.05, 0.1) is 17.8 Å². The van der Waals surface area contributed by atoms with Crippen LogP contribution < -0.4 is 11.1 Å². The van der Waals surface area contributed by atoms with Gasteiger partial charge >= 0.3 is 0 Å². The van der Waals surface area contributed by atoms with Crippen LogP contribution in [0.3, 0.4) is 0 Å². The van der Waals surface area contributed by atoms with E-state index in [-0.39, 0.29) is 12.5 Å². The highest BCUT2D eigenvalue weighted by atomic mass is 19.1. The maximum absolute atomic E-state index is 13.2. The molecular formula is C14H15FN2O2. The lowest BCUT2D eigenvalue weighted by atomic mass is 10.1. The van der Waals surface area contributed by atoms with Gasteiger partial charge in [-0.3, -0.25) is 4.79 Å². The van der Waals surface area contributed by atoms with Crippen molar-refractivity contribution in [3.05, 3.63) is 29.6 Å². The number of hydrogen-bond donors (Lipinski definition) is 2. The number of rotatable bonds is 2. The van der Waals surface area contributed by atoms with Gasteiger partial charge < -0.3 is 15.8 Å². The minimum Gasteiger partial charge on any atom is -0.368 e. The number of nitrogens with two attached hydrogens (primary N) is 1. The molecular weight excluding hydrogens is 247 g/mol. The molecule has 1 heterocycles. The molecule has 1 atom stereocenters. The average Bonchev–Trinajstić information content (AvgIpc) is 2.93. The summed E-state index contributed by atoms with van der Waals surface area (Å²) in [6.45, 7) is 0.775. The van der Waals surface area contributed by atoms with Gasteiger partial charge in [-0.15, -0.1) is 0 Å². The quantitative estimate of drug-likeness (QED) is 0.788. The Balaban J connectivity index is 2.16. The molecule has 0 spiro atoms. The van der Waals surface area contributed by atoms with E-state index in [2.05, 4.69) is 17.2 Å². The summed E-state index contributed by atoms with van der Waals surface area (Å²) in [4.78, 5) is 11.9. The van der Waals surface area contributed by atoms with Crippen molar-refractivity contribution in [2.24, 2.45) is 5.73 Å². The summed E-state index contributed by atoms with van der Waals surface area (Å²) < 4.78 is 18.5. The number of carbonyl (C=O) groups is 1. The van der Waals surface area contributed by atoms with E-state index in [0.29, 0.717) is 24.3 Å². The molecule has 1 aliphatic rings. The van der Waals surface area contributed by atoms with Gasteiger partial charge in [-0.25, -0.2) is 4.39 Å². The van der Waals surface area contributed by atoms with Gasteiger partial charge in [0.1, 0.15) is 11.9 Å². The fourth-order valence-corrected chi connectivity index (χ4v) is 1.87. The van der Waals surface area contributed by atoms with Crippen molar-refractivity contribution < 1.29 is 13.9 Å². The molecule has 5 heteroatoms. The molecule has 2 rings (SSSR count). The largest absolute Gasteiger partial charge is 0.368 e. The highest BCUT2D eigenvalue weighted by molar-refractivity contribution is 5.95. The molecule has 1 aromatic carbocycles. The molecule has 0 bridgehead atoms. The van der Waals surface area contributed by atoms with E-state index in [4.69, 9.17) is 10.5 Å². The van der Waals surface area contributed by atoms with E-state index >= 15 is 0 Å². The Bertz CT molecular complexity index is 528. The Labute approximate surface area is 111 Å². The molecule has 0 saturated carbocycles. The Morgan fingerprint density at radius 2 is 2.42 bits per heavy atom. The molecule has 1 fully saturated rings. The van der Waals surface area contributed by atoms with Crippen LogP contribution in [0.25, 0.3) is 0 Å². The molecule has 1 aromatic rings. The molecule has 19 heavy (non-hydrogen) atoms. The minimum atomic E-state index is -0.430. The van der Waals surface area contributed by atoms with Crippen LogP contribution in [0.5, 0.6) is 0 Å². The van der Waals surface area contributed by atoms with Gasteiger partial charge in [-0.1, -0.05) is 11.8 Å². The van der Waals surface area contributed by atoms with Crippen LogP contribution >= 0.6 is 0 Å². The van der Waals surface area contributed by atoms with Gasteiger partial charge in [0, 0.05) is 6.61 Å². The zero-order valence-electron chi connectivity index (χ0n) is 10.4. The number of nitrogens with one attached hydrogen (secondary N) is 1. The standard InChI is InChI=1S/C14H15FN2O2/c15-11-5-6-12(10(9-11)3-1-7-16)17-14(18)13-4-2-8-19-13/h5-6,9,13H,2,4,7-8,16H2,(H,17,18). The number of amides is 1. The van der Waals surface area contributed by atoms with Crippen LogP contribution in [0.1, 0.15) is 18.4 Å². The number of anilines is 1. The zero-order valence-corrected chi connectivity index (χ0v) is 10.4. The molecule has 1 unspecified atom stereocenters. The predicted octanol–water partition coefficient (Wildman–Crippen LogP) is 1.25. The first-order valence-corrected chi connectivity index (χ1v) is 6.11. The molecule has 0 radical (unpaired) electrons. The molecule has 0 aliphatic carbocycles. The number of halogens is 1. The van der Waals surface area contributed by atoms with E-state index in [1.165, 1.54) is 18.2 Å². The molecule has 3 N–H and O–H groups in total. The summed E-state index contributed by atoms with van der Waals surface area (Å²) in [5.41, 5.74) is 6.18. The van der Waals surface area contributed by atoms with Gasteiger partial charge in [-0.2, -0.15) is 0 Å². The van der Waals surface area contributed by atoms with Gasteiger partial charge in [-0.05, 0) is 31.0 Å². The Morgan fingerprint density at radius 1 is 1.58 bits per heavy atom. The van der Waals surface area contributed by atoms with Crippen molar-refractivity contribution in [3.63, 3.8) is 0 Å². The molecule has 0 aromatic heterocycles. The Hall–Kier alpha value is -1.90. The number of carbonyl (C=O) groups excluding carboxylic acids is 1. The van der Waals surface area contributed by atoms with Crippen molar-refractivity contribution in [3.8, 4) is 11.8 Å².